The van der Waals surface area contributed by atoms with Gasteiger partial charge in [0.15, 0.2) is 5.78 Å². The van der Waals surface area contributed by atoms with Crippen LogP contribution in [0.5, 0.6) is 11.5 Å². The number of carbonyl (C=O) groups excluding carboxylic acids is 1. The van der Waals surface area contributed by atoms with Gasteiger partial charge in [0.2, 0.25) is 0 Å². The Morgan fingerprint density at radius 3 is 2.62 bits per heavy atom. The highest BCUT2D eigenvalue weighted by Crippen LogP contribution is 2.36. The molecule has 21 heavy (non-hydrogen) atoms. The zero-order valence-electron chi connectivity index (χ0n) is 11.7. The maximum atomic E-state index is 12.5. The summed E-state index contributed by atoms with van der Waals surface area (Å²) >= 11 is 0. The van der Waals surface area contributed by atoms with Crippen molar-refractivity contribution < 1.29 is 19.4 Å². The lowest BCUT2D eigenvalue weighted by atomic mass is 9.87. The van der Waals surface area contributed by atoms with Crippen molar-refractivity contribution in [3.05, 3.63) is 59.7 Å². The van der Waals surface area contributed by atoms with Crippen LogP contribution in [0.25, 0.3) is 0 Å². The third kappa shape index (κ3) is 2.50. The van der Waals surface area contributed by atoms with Crippen LogP contribution in [-0.2, 0) is 0 Å². The van der Waals surface area contributed by atoms with Crippen molar-refractivity contribution >= 4 is 5.78 Å². The van der Waals surface area contributed by atoms with E-state index in [0.717, 1.165) is 0 Å². The standard InChI is InChI=1S/C17H16O4/c1-20-12-8-6-11(7-9-12)16(18)14-10-21-15-5-3-2-4-13(15)17(14)19/h2-9,14,17,19H,10H2,1H3. The third-order valence-corrected chi connectivity index (χ3v) is 3.75. The van der Waals surface area contributed by atoms with Crippen LogP contribution in [0.4, 0.5) is 0 Å². The summed E-state index contributed by atoms with van der Waals surface area (Å²) in [4.78, 5) is 12.5. The van der Waals surface area contributed by atoms with E-state index in [4.69, 9.17) is 9.47 Å². The van der Waals surface area contributed by atoms with Gasteiger partial charge in [-0.2, -0.15) is 0 Å². The van der Waals surface area contributed by atoms with Crippen LogP contribution < -0.4 is 9.47 Å². The summed E-state index contributed by atoms with van der Waals surface area (Å²) < 4.78 is 10.7. The maximum absolute atomic E-state index is 12.5. The quantitative estimate of drug-likeness (QED) is 0.880. The summed E-state index contributed by atoms with van der Waals surface area (Å²) in [7, 11) is 1.58. The van der Waals surface area contributed by atoms with E-state index >= 15 is 0 Å². The number of hydrogen-bond acceptors (Lipinski definition) is 4. The Morgan fingerprint density at radius 2 is 1.90 bits per heavy atom. The lowest BCUT2D eigenvalue weighted by molar-refractivity contribution is 0.0418. The van der Waals surface area contributed by atoms with Crippen LogP contribution >= 0.6 is 0 Å². The van der Waals surface area contributed by atoms with Gasteiger partial charge in [0.05, 0.1) is 19.1 Å². The number of carbonyl (C=O) groups is 1. The molecule has 4 nitrogen and oxygen atoms in total. The average Bonchev–Trinajstić information content (AvgIpc) is 2.55. The predicted octanol–water partition coefficient (Wildman–Crippen LogP) is 2.62. The summed E-state index contributed by atoms with van der Waals surface area (Å²) in [6, 6.07) is 14.1. The van der Waals surface area contributed by atoms with Gasteiger partial charge in [-0.15, -0.1) is 0 Å². The minimum absolute atomic E-state index is 0.125. The molecule has 0 bridgehead atoms. The molecule has 0 aliphatic carbocycles. The van der Waals surface area contributed by atoms with E-state index in [1.165, 1.54) is 0 Å². The molecule has 0 saturated heterocycles. The molecule has 2 aromatic rings. The van der Waals surface area contributed by atoms with E-state index < -0.39 is 12.0 Å². The van der Waals surface area contributed by atoms with Gasteiger partial charge < -0.3 is 14.6 Å². The van der Waals surface area contributed by atoms with E-state index in [0.29, 0.717) is 22.6 Å². The molecule has 0 aromatic heterocycles. The Hall–Kier alpha value is -2.33. The summed E-state index contributed by atoms with van der Waals surface area (Å²) in [5.74, 6) is 0.620. The van der Waals surface area contributed by atoms with Gasteiger partial charge in [-0.3, -0.25) is 4.79 Å². The lowest BCUT2D eigenvalue weighted by Crippen LogP contribution is -2.32. The number of ether oxygens (including phenoxy) is 2. The molecule has 1 heterocycles. The van der Waals surface area contributed by atoms with Gasteiger partial charge in [0.1, 0.15) is 18.1 Å². The highest BCUT2D eigenvalue weighted by molar-refractivity contribution is 5.98. The van der Waals surface area contributed by atoms with Crippen LogP contribution in [0, 0.1) is 5.92 Å². The fraction of sp³-hybridized carbons (Fsp3) is 0.235. The fourth-order valence-corrected chi connectivity index (χ4v) is 2.53. The zero-order chi connectivity index (χ0) is 14.8. The zero-order valence-corrected chi connectivity index (χ0v) is 11.7. The van der Waals surface area contributed by atoms with Crippen molar-refractivity contribution in [2.24, 2.45) is 5.92 Å². The summed E-state index contributed by atoms with van der Waals surface area (Å²) in [5, 5.41) is 10.4. The molecular weight excluding hydrogens is 268 g/mol. The molecule has 0 spiro atoms. The third-order valence-electron chi connectivity index (χ3n) is 3.75. The summed E-state index contributed by atoms with van der Waals surface area (Å²) in [6.07, 6.45) is -0.843. The largest absolute Gasteiger partial charge is 0.497 e. The molecule has 0 saturated carbocycles. The van der Waals surface area contributed by atoms with Crippen molar-refractivity contribution in [3.8, 4) is 11.5 Å². The molecule has 4 heteroatoms. The van der Waals surface area contributed by atoms with Gasteiger partial charge in [0, 0.05) is 11.1 Å². The molecular formula is C17H16O4. The second-order valence-corrected chi connectivity index (χ2v) is 4.99. The number of Topliss-reactive ketones (excluding diaryl/α,β-unsaturated/α-hetero) is 1. The number of aliphatic hydroxyl groups is 1. The van der Waals surface area contributed by atoms with Crippen LogP contribution in [0.15, 0.2) is 48.5 Å². The normalized spacial score (nSPS) is 20.3. The minimum atomic E-state index is -0.843. The summed E-state index contributed by atoms with van der Waals surface area (Å²) in [5.41, 5.74) is 1.21. The molecule has 2 atom stereocenters. The first-order valence-electron chi connectivity index (χ1n) is 6.79. The van der Waals surface area contributed by atoms with Crippen LogP contribution in [0.1, 0.15) is 22.0 Å². The van der Waals surface area contributed by atoms with Crippen molar-refractivity contribution in [1.82, 2.24) is 0 Å². The summed E-state index contributed by atoms with van der Waals surface area (Å²) in [6.45, 7) is 0.184. The number of rotatable bonds is 3. The highest BCUT2D eigenvalue weighted by Gasteiger charge is 2.34. The molecule has 1 aliphatic rings. The van der Waals surface area contributed by atoms with E-state index in [-0.39, 0.29) is 12.4 Å². The number of hydrogen-bond donors (Lipinski definition) is 1. The first-order valence-corrected chi connectivity index (χ1v) is 6.79. The number of aliphatic hydroxyl groups excluding tert-OH is 1. The Balaban J connectivity index is 1.85. The predicted molar refractivity (Wildman–Crippen MR) is 77.7 cm³/mol. The molecule has 0 amide bonds. The topological polar surface area (TPSA) is 55.8 Å². The average molecular weight is 284 g/mol. The molecule has 2 unspecified atom stereocenters. The molecule has 0 fully saturated rings. The first-order chi connectivity index (χ1) is 10.2. The number of fused-ring (bicyclic) bond motifs is 1. The Bertz CT molecular complexity index is 648. The molecule has 2 aromatic carbocycles. The minimum Gasteiger partial charge on any atom is -0.497 e. The van der Waals surface area contributed by atoms with Crippen LogP contribution in [0.2, 0.25) is 0 Å². The monoisotopic (exact) mass is 284 g/mol. The van der Waals surface area contributed by atoms with E-state index in [2.05, 4.69) is 0 Å². The van der Waals surface area contributed by atoms with Gasteiger partial charge in [-0.05, 0) is 30.3 Å². The Labute approximate surface area is 122 Å². The van der Waals surface area contributed by atoms with Crippen molar-refractivity contribution in [2.75, 3.05) is 13.7 Å². The van der Waals surface area contributed by atoms with Gasteiger partial charge in [-0.1, -0.05) is 18.2 Å². The molecule has 108 valence electrons. The van der Waals surface area contributed by atoms with E-state index in [1.54, 1.807) is 43.5 Å². The SMILES string of the molecule is COc1ccc(C(=O)C2COc3ccccc3C2O)cc1. The number of para-hydroxylation sites is 1. The van der Waals surface area contributed by atoms with Crippen molar-refractivity contribution in [3.63, 3.8) is 0 Å². The van der Waals surface area contributed by atoms with Crippen molar-refractivity contribution in [1.29, 1.82) is 0 Å². The smallest absolute Gasteiger partial charge is 0.172 e. The number of methoxy groups -OCH3 is 1. The van der Waals surface area contributed by atoms with Crippen LogP contribution in [-0.4, -0.2) is 24.6 Å². The van der Waals surface area contributed by atoms with Crippen LogP contribution in [0.3, 0.4) is 0 Å². The molecule has 1 N–H and O–H groups in total. The lowest BCUT2D eigenvalue weighted by Gasteiger charge is -2.29. The molecule has 3 rings (SSSR count). The number of ketones is 1. The van der Waals surface area contributed by atoms with E-state index in [1.807, 2.05) is 12.1 Å². The Kier molecular flexibility index (Phi) is 3.62. The fourth-order valence-electron chi connectivity index (χ4n) is 2.53. The molecule has 0 radical (unpaired) electrons. The Morgan fingerprint density at radius 1 is 1.19 bits per heavy atom. The van der Waals surface area contributed by atoms with Gasteiger partial charge in [-0.25, -0.2) is 0 Å². The molecule has 1 aliphatic heterocycles. The van der Waals surface area contributed by atoms with Gasteiger partial charge >= 0.3 is 0 Å². The van der Waals surface area contributed by atoms with E-state index in [9.17, 15) is 9.90 Å². The van der Waals surface area contributed by atoms with Gasteiger partial charge in [0.25, 0.3) is 0 Å². The highest BCUT2D eigenvalue weighted by atomic mass is 16.5. The van der Waals surface area contributed by atoms with Crippen molar-refractivity contribution in [2.45, 2.75) is 6.10 Å². The number of benzene rings is 2. The second kappa shape index (κ2) is 5.58. The maximum Gasteiger partial charge on any atom is 0.172 e. The first kappa shape index (κ1) is 13.6. The second-order valence-electron chi connectivity index (χ2n) is 4.99.